The van der Waals surface area contributed by atoms with E-state index in [2.05, 4.69) is 16.0 Å². The summed E-state index contributed by atoms with van der Waals surface area (Å²) in [7, 11) is 0. The second kappa shape index (κ2) is 6.09. The van der Waals surface area contributed by atoms with Gasteiger partial charge in [-0.3, -0.25) is 4.90 Å². The zero-order chi connectivity index (χ0) is 18.4. The number of aromatic nitrogens is 2. The Morgan fingerprint density at radius 2 is 2.04 bits per heavy atom. The van der Waals surface area contributed by atoms with Gasteiger partial charge < -0.3 is 9.47 Å². The Morgan fingerprint density at radius 1 is 1.11 bits per heavy atom. The Hall–Kier alpha value is -3.41. The average Bonchev–Trinajstić information content (AvgIpc) is 2.81. The lowest BCUT2D eigenvalue weighted by Crippen LogP contribution is -2.18. The van der Waals surface area contributed by atoms with Gasteiger partial charge in [-0.1, -0.05) is 12.1 Å². The van der Waals surface area contributed by atoms with E-state index in [-0.39, 0.29) is 0 Å². The lowest BCUT2D eigenvalue weighted by atomic mass is 10.0. The van der Waals surface area contributed by atoms with Crippen LogP contribution in [-0.2, 0) is 6.42 Å². The van der Waals surface area contributed by atoms with Crippen molar-refractivity contribution in [2.45, 2.75) is 19.8 Å². The third-order valence-electron chi connectivity index (χ3n) is 4.76. The van der Waals surface area contributed by atoms with Crippen LogP contribution in [0.2, 0.25) is 0 Å². The number of fused-ring (bicyclic) bond motifs is 3. The number of nitrogens with zero attached hydrogens (tertiary/aromatic N) is 3. The first-order valence-corrected chi connectivity index (χ1v) is 8.91. The highest BCUT2D eigenvalue weighted by Crippen LogP contribution is 2.47. The summed E-state index contributed by atoms with van der Waals surface area (Å²) in [5, 5.41) is 0. The highest BCUT2D eigenvalue weighted by molar-refractivity contribution is 6.01. The van der Waals surface area contributed by atoms with Gasteiger partial charge in [0.25, 0.3) is 0 Å². The molecule has 0 N–H and O–H groups in total. The first kappa shape index (κ1) is 15.8. The fraction of sp³-hybridized carbons (Fsp3) is 0.190. The van der Waals surface area contributed by atoms with Crippen LogP contribution in [-0.4, -0.2) is 22.5 Å². The van der Waals surface area contributed by atoms with Crippen molar-refractivity contribution < 1.29 is 14.3 Å². The number of esters is 1. The van der Waals surface area contributed by atoms with Gasteiger partial charge in [0.05, 0.1) is 12.3 Å². The molecule has 2 aromatic heterocycles. The van der Waals surface area contributed by atoms with Gasteiger partial charge in [0.1, 0.15) is 11.3 Å². The molecule has 4 heterocycles. The smallest absolute Gasteiger partial charge is 0.347 e. The zero-order valence-electron chi connectivity index (χ0n) is 14.8. The fourth-order valence-corrected chi connectivity index (χ4v) is 3.54. The number of hydrogen-bond acceptors (Lipinski definition) is 6. The van der Waals surface area contributed by atoms with E-state index in [0.717, 1.165) is 35.4 Å². The quantitative estimate of drug-likeness (QED) is 0.609. The number of carbonyl (C=O) groups excluding carboxylic acids is 1. The molecule has 27 heavy (non-hydrogen) atoms. The lowest BCUT2D eigenvalue weighted by Gasteiger charge is -2.28. The molecular formula is C21H17N3O3. The molecule has 134 valence electrons. The van der Waals surface area contributed by atoms with Gasteiger partial charge in [0.15, 0.2) is 17.4 Å². The summed E-state index contributed by atoms with van der Waals surface area (Å²) in [6.45, 7) is 2.58. The van der Waals surface area contributed by atoms with Gasteiger partial charge in [-0.15, -0.1) is 0 Å². The van der Waals surface area contributed by atoms with Crippen LogP contribution in [0.3, 0.4) is 0 Å². The molecule has 0 unspecified atom stereocenters. The van der Waals surface area contributed by atoms with Crippen LogP contribution in [0.25, 0.3) is 0 Å². The van der Waals surface area contributed by atoms with Crippen LogP contribution in [0, 0.1) is 6.92 Å². The number of carbonyl (C=O) groups is 1. The van der Waals surface area contributed by atoms with Crippen molar-refractivity contribution in [1.29, 1.82) is 0 Å². The molecule has 0 saturated heterocycles. The predicted molar refractivity (Wildman–Crippen MR) is 100 cm³/mol. The topological polar surface area (TPSA) is 64.5 Å². The number of ether oxygens (including phenoxy) is 2. The number of rotatable bonds is 1. The summed E-state index contributed by atoms with van der Waals surface area (Å²) in [4.78, 5) is 23.6. The highest BCUT2D eigenvalue weighted by Gasteiger charge is 2.32. The van der Waals surface area contributed by atoms with E-state index < -0.39 is 5.97 Å². The molecule has 0 radical (unpaired) electrons. The normalized spacial score (nSPS) is 15.0. The number of para-hydroxylation sites is 1. The molecular weight excluding hydrogens is 342 g/mol. The minimum absolute atomic E-state index is 0.390. The van der Waals surface area contributed by atoms with Crippen molar-refractivity contribution >= 4 is 23.3 Å². The van der Waals surface area contributed by atoms with Gasteiger partial charge in [0.2, 0.25) is 0 Å². The number of aryl methyl sites for hydroxylation is 2. The summed E-state index contributed by atoms with van der Waals surface area (Å²) in [6, 6.07) is 11.3. The van der Waals surface area contributed by atoms with Gasteiger partial charge in [-0.25, -0.2) is 14.8 Å². The fourth-order valence-electron chi connectivity index (χ4n) is 3.54. The van der Waals surface area contributed by atoms with Gasteiger partial charge >= 0.3 is 5.97 Å². The minimum atomic E-state index is -0.444. The number of benzene rings is 1. The Labute approximate surface area is 156 Å². The van der Waals surface area contributed by atoms with Crippen molar-refractivity contribution in [2.75, 3.05) is 11.5 Å². The number of anilines is 3. The monoisotopic (exact) mass is 359 g/mol. The standard InChI is InChI=1S/C21H17N3O3/c1-13-11-17-20(23-12-13)24(19-15(21(25)27-17)7-3-9-22-19)16-8-2-5-14-6-4-10-26-18(14)16/h2-3,5,7-9,11-12H,4,6,10H2,1H3. The zero-order valence-corrected chi connectivity index (χ0v) is 14.8. The SMILES string of the molecule is Cc1cnc2c(c1)OC(=O)c1cccnc1N2c1cccc2c1OCCC2. The summed E-state index contributed by atoms with van der Waals surface area (Å²) < 4.78 is 11.6. The Balaban J connectivity index is 1.82. The van der Waals surface area contributed by atoms with Crippen LogP contribution >= 0.6 is 0 Å². The second-order valence-corrected chi connectivity index (χ2v) is 6.65. The Bertz CT molecular complexity index is 1060. The summed E-state index contributed by atoms with van der Waals surface area (Å²) in [6.07, 6.45) is 5.36. The van der Waals surface area contributed by atoms with Gasteiger partial charge in [-0.05, 0) is 55.2 Å². The number of pyridine rings is 2. The number of hydrogen-bond donors (Lipinski definition) is 0. The molecule has 0 bridgehead atoms. The van der Waals surface area contributed by atoms with Gasteiger partial charge in [0, 0.05) is 12.4 Å². The molecule has 0 saturated carbocycles. The van der Waals surface area contributed by atoms with E-state index in [0.29, 0.717) is 29.6 Å². The van der Waals surface area contributed by atoms with Crippen LogP contribution in [0.4, 0.5) is 17.3 Å². The lowest BCUT2D eigenvalue weighted by molar-refractivity contribution is 0.0738. The molecule has 1 aromatic carbocycles. The highest BCUT2D eigenvalue weighted by atomic mass is 16.5. The molecule has 6 heteroatoms. The third-order valence-corrected chi connectivity index (χ3v) is 4.76. The molecule has 5 rings (SSSR count). The van der Waals surface area contributed by atoms with E-state index in [1.165, 1.54) is 0 Å². The van der Waals surface area contributed by atoms with Crippen molar-refractivity contribution in [1.82, 2.24) is 9.97 Å². The first-order chi connectivity index (χ1) is 13.2. The third kappa shape index (κ3) is 2.52. The molecule has 0 amide bonds. The molecule has 0 aliphatic carbocycles. The van der Waals surface area contributed by atoms with E-state index in [4.69, 9.17) is 9.47 Å². The molecule has 2 aliphatic rings. The van der Waals surface area contributed by atoms with Crippen molar-refractivity contribution in [2.24, 2.45) is 0 Å². The summed E-state index contributed by atoms with van der Waals surface area (Å²) >= 11 is 0. The largest absolute Gasteiger partial charge is 0.491 e. The van der Waals surface area contributed by atoms with Crippen LogP contribution in [0.15, 0.2) is 48.8 Å². The molecule has 6 nitrogen and oxygen atoms in total. The van der Waals surface area contributed by atoms with Crippen molar-refractivity contribution in [3.05, 3.63) is 65.5 Å². The molecule has 2 aliphatic heterocycles. The van der Waals surface area contributed by atoms with Crippen LogP contribution < -0.4 is 14.4 Å². The summed E-state index contributed by atoms with van der Waals surface area (Å²) in [5.74, 6) is 1.78. The maximum atomic E-state index is 12.7. The van der Waals surface area contributed by atoms with Gasteiger partial charge in [-0.2, -0.15) is 0 Å². The molecule has 0 spiro atoms. The minimum Gasteiger partial charge on any atom is -0.491 e. The molecule has 0 fully saturated rings. The van der Waals surface area contributed by atoms with E-state index >= 15 is 0 Å². The van der Waals surface area contributed by atoms with Crippen LogP contribution in [0.5, 0.6) is 11.5 Å². The van der Waals surface area contributed by atoms with E-state index in [1.54, 1.807) is 24.5 Å². The first-order valence-electron chi connectivity index (χ1n) is 8.91. The molecule has 0 atom stereocenters. The predicted octanol–water partition coefficient (Wildman–Crippen LogP) is 4.11. The average molecular weight is 359 g/mol. The molecule has 3 aromatic rings. The second-order valence-electron chi connectivity index (χ2n) is 6.65. The maximum absolute atomic E-state index is 12.7. The summed E-state index contributed by atoms with van der Waals surface area (Å²) in [5.41, 5.74) is 3.25. The van der Waals surface area contributed by atoms with E-state index in [1.807, 2.05) is 30.0 Å². The van der Waals surface area contributed by atoms with Crippen molar-refractivity contribution in [3.63, 3.8) is 0 Å². The maximum Gasteiger partial charge on any atom is 0.347 e. The van der Waals surface area contributed by atoms with E-state index in [9.17, 15) is 4.79 Å². The Kier molecular flexibility index (Phi) is 3.57. The van der Waals surface area contributed by atoms with Crippen molar-refractivity contribution in [3.8, 4) is 11.5 Å². The van der Waals surface area contributed by atoms with Crippen LogP contribution in [0.1, 0.15) is 27.9 Å². The Morgan fingerprint density at radius 3 is 2.96 bits per heavy atom.